The van der Waals surface area contributed by atoms with E-state index in [0.29, 0.717) is 5.56 Å². The van der Waals surface area contributed by atoms with Gasteiger partial charge < -0.3 is 5.11 Å². The fourth-order valence-electron chi connectivity index (χ4n) is 4.87. The van der Waals surface area contributed by atoms with E-state index in [1.807, 2.05) is 36.4 Å². The van der Waals surface area contributed by atoms with Crippen LogP contribution >= 0.6 is 0 Å². The van der Waals surface area contributed by atoms with Crippen molar-refractivity contribution in [2.45, 2.75) is 31.4 Å². The average molecular weight is 408 g/mol. The van der Waals surface area contributed by atoms with Crippen LogP contribution in [0, 0.1) is 17.6 Å². The maximum atomic E-state index is 13.9. The number of halogens is 2. The fraction of sp³-hybridized carbons (Fsp3) is 0.308. The maximum absolute atomic E-state index is 13.9. The van der Waals surface area contributed by atoms with Gasteiger partial charge in [0.2, 0.25) is 0 Å². The summed E-state index contributed by atoms with van der Waals surface area (Å²) in [7, 11) is 0. The highest BCUT2D eigenvalue weighted by molar-refractivity contribution is 5.33. The number of hydrogen-bond donors (Lipinski definition) is 1. The molecule has 3 aromatic carbocycles. The molecule has 1 N–H and O–H groups in total. The summed E-state index contributed by atoms with van der Waals surface area (Å²) < 4.78 is 27.8. The lowest BCUT2D eigenvalue weighted by Crippen LogP contribution is -2.54. The molecule has 0 radical (unpaired) electrons. The number of rotatable bonds is 6. The van der Waals surface area contributed by atoms with Crippen LogP contribution < -0.4 is 0 Å². The second-order valence-electron chi connectivity index (χ2n) is 8.77. The number of nitrogens with zero attached hydrogens (tertiary/aromatic N) is 1. The molecule has 1 fully saturated rings. The van der Waals surface area contributed by atoms with Crippen molar-refractivity contribution in [1.82, 2.24) is 4.90 Å². The van der Waals surface area contributed by atoms with E-state index in [9.17, 15) is 13.9 Å². The van der Waals surface area contributed by atoms with E-state index in [1.54, 1.807) is 13.8 Å². The van der Waals surface area contributed by atoms with Gasteiger partial charge in [-0.15, -0.1) is 0 Å². The Morgan fingerprint density at radius 3 is 1.70 bits per heavy atom. The van der Waals surface area contributed by atoms with Crippen LogP contribution in [0.3, 0.4) is 0 Å². The maximum Gasteiger partial charge on any atom is 0.126 e. The number of benzene rings is 3. The Labute approximate surface area is 176 Å². The van der Waals surface area contributed by atoms with Crippen LogP contribution in [-0.4, -0.2) is 28.7 Å². The van der Waals surface area contributed by atoms with Crippen LogP contribution in [-0.2, 0) is 0 Å². The molecule has 0 amide bonds. The molecule has 0 spiro atoms. The van der Waals surface area contributed by atoms with Gasteiger partial charge in [-0.2, -0.15) is 0 Å². The lowest BCUT2D eigenvalue weighted by Gasteiger charge is -2.50. The smallest absolute Gasteiger partial charge is 0.126 e. The summed E-state index contributed by atoms with van der Waals surface area (Å²) in [6, 6.07) is 24.3. The van der Waals surface area contributed by atoms with Crippen LogP contribution in [0.4, 0.5) is 8.78 Å². The van der Waals surface area contributed by atoms with Crippen molar-refractivity contribution in [3.8, 4) is 0 Å². The van der Waals surface area contributed by atoms with Crippen LogP contribution in [0.2, 0.25) is 0 Å². The quantitative estimate of drug-likeness (QED) is 0.580. The minimum absolute atomic E-state index is 0.0983. The van der Waals surface area contributed by atoms with Crippen molar-refractivity contribution in [1.29, 1.82) is 0 Å². The molecule has 0 aliphatic carbocycles. The van der Waals surface area contributed by atoms with E-state index >= 15 is 0 Å². The molecule has 0 bridgehead atoms. The second-order valence-corrected chi connectivity index (χ2v) is 8.77. The molecule has 2 nitrogen and oxygen atoms in total. The van der Waals surface area contributed by atoms with Gasteiger partial charge in [-0.3, -0.25) is 4.90 Å². The second kappa shape index (κ2) is 8.29. The summed E-state index contributed by atoms with van der Waals surface area (Å²) in [5, 5.41) is 10.8. The highest BCUT2D eigenvalue weighted by Crippen LogP contribution is 2.44. The molecule has 30 heavy (non-hydrogen) atoms. The van der Waals surface area contributed by atoms with Crippen molar-refractivity contribution in [2.75, 3.05) is 13.1 Å². The molecule has 1 heterocycles. The number of likely N-dealkylation sites (tertiary alicyclic amines) is 1. The molecule has 1 atom stereocenters. The zero-order chi connectivity index (χ0) is 21.3. The Balaban J connectivity index is 1.61. The van der Waals surface area contributed by atoms with Gasteiger partial charge in [0.1, 0.15) is 11.6 Å². The summed E-state index contributed by atoms with van der Waals surface area (Å²) in [6.07, 6.45) is 0. The van der Waals surface area contributed by atoms with E-state index in [-0.39, 0.29) is 17.9 Å². The normalized spacial score (nSPS) is 16.5. The van der Waals surface area contributed by atoms with Gasteiger partial charge in [0.05, 0.1) is 11.6 Å². The summed E-state index contributed by atoms with van der Waals surface area (Å²) >= 11 is 0. The SMILES string of the molecule is CC(C)(O)[C@@H](c1cc(F)cc(F)c1)C1CN(C(c2ccccc2)c2ccccc2)C1. The topological polar surface area (TPSA) is 23.5 Å². The molecular weight excluding hydrogens is 380 g/mol. The minimum Gasteiger partial charge on any atom is -0.390 e. The largest absolute Gasteiger partial charge is 0.390 e. The van der Waals surface area contributed by atoms with E-state index in [4.69, 9.17) is 0 Å². The summed E-state index contributed by atoms with van der Waals surface area (Å²) in [6.45, 7) is 4.91. The third kappa shape index (κ3) is 4.30. The van der Waals surface area contributed by atoms with Gasteiger partial charge >= 0.3 is 0 Å². The molecule has 1 aliphatic heterocycles. The van der Waals surface area contributed by atoms with Crippen molar-refractivity contribution in [3.63, 3.8) is 0 Å². The lowest BCUT2D eigenvalue weighted by atomic mass is 9.71. The lowest BCUT2D eigenvalue weighted by molar-refractivity contribution is -0.0309. The minimum atomic E-state index is -1.09. The van der Waals surface area contributed by atoms with Gasteiger partial charge in [0, 0.05) is 25.1 Å². The molecule has 1 saturated heterocycles. The first-order valence-corrected chi connectivity index (χ1v) is 10.4. The summed E-state index contributed by atoms with van der Waals surface area (Å²) in [5.41, 5.74) is 1.84. The van der Waals surface area contributed by atoms with E-state index in [1.165, 1.54) is 23.3 Å². The van der Waals surface area contributed by atoms with Crippen molar-refractivity contribution in [2.24, 2.45) is 5.92 Å². The Hall–Kier alpha value is -2.56. The molecule has 3 aromatic rings. The highest BCUT2D eigenvalue weighted by Gasteiger charge is 2.44. The van der Waals surface area contributed by atoms with Crippen LogP contribution in [0.15, 0.2) is 78.9 Å². The molecule has 0 saturated carbocycles. The third-order valence-electron chi connectivity index (χ3n) is 6.01. The van der Waals surface area contributed by atoms with E-state index in [2.05, 4.69) is 29.2 Å². The van der Waals surface area contributed by atoms with E-state index < -0.39 is 17.2 Å². The Kier molecular flexibility index (Phi) is 5.72. The first kappa shape index (κ1) is 20.7. The number of aliphatic hydroxyl groups is 1. The van der Waals surface area contributed by atoms with Gasteiger partial charge in [0.15, 0.2) is 0 Å². The zero-order valence-corrected chi connectivity index (χ0v) is 17.3. The summed E-state index contributed by atoms with van der Waals surface area (Å²) in [5.74, 6) is -1.48. The van der Waals surface area contributed by atoms with Crippen LogP contribution in [0.5, 0.6) is 0 Å². The van der Waals surface area contributed by atoms with Crippen molar-refractivity contribution < 1.29 is 13.9 Å². The van der Waals surface area contributed by atoms with Crippen molar-refractivity contribution >= 4 is 0 Å². The zero-order valence-electron chi connectivity index (χ0n) is 17.3. The molecule has 1 aliphatic rings. The van der Waals surface area contributed by atoms with Gasteiger partial charge in [0.25, 0.3) is 0 Å². The third-order valence-corrected chi connectivity index (χ3v) is 6.01. The first-order valence-electron chi connectivity index (χ1n) is 10.4. The predicted molar refractivity (Wildman–Crippen MR) is 115 cm³/mol. The van der Waals surface area contributed by atoms with Crippen LogP contribution in [0.25, 0.3) is 0 Å². The Morgan fingerprint density at radius 1 is 0.800 bits per heavy atom. The average Bonchev–Trinajstić information content (AvgIpc) is 2.66. The molecular formula is C26H27F2NO. The molecule has 156 valence electrons. The van der Waals surface area contributed by atoms with E-state index in [0.717, 1.165) is 19.2 Å². The van der Waals surface area contributed by atoms with Gasteiger partial charge in [-0.1, -0.05) is 60.7 Å². The van der Waals surface area contributed by atoms with Crippen molar-refractivity contribution in [3.05, 3.63) is 107 Å². The van der Waals surface area contributed by atoms with Gasteiger partial charge in [-0.05, 0) is 48.6 Å². The fourth-order valence-corrected chi connectivity index (χ4v) is 4.87. The number of hydrogen-bond acceptors (Lipinski definition) is 2. The molecule has 0 aromatic heterocycles. The highest BCUT2D eigenvalue weighted by atomic mass is 19.1. The Bertz CT molecular complexity index is 919. The Morgan fingerprint density at radius 2 is 1.27 bits per heavy atom. The van der Waals surface area contributed by atoms with Crippen LogP contribution in [0.1, 0.15) is 42.5 Å². The first-order chi connectivity index (χ1) is 14.3. The monoisotopic (exact) mass is 407 g/mol. The molecule has 0 unspecified atom stereocenters. The molecule has 4 heteroatoms. The molecule has 4 rings (SSSR count). The summed E-state index contributed by atoms with van der Waals surface area (Å²) in [4.78, 5) is 2.36. The predicted octanol–water partition coefficient (Wildman–Crippen LogP) is 5.54. The van der Waals surface area contributed by atoms with Gasteiger partial charge in [-0.25, -0.2) is 8.78 Å². The standard InChI is InChI=1S/C26H27F2NO/c1-26(2,30)24(20-13-22(27)15-23(28)14-20)21-16-29(17-21)25(18-9-5-3-6-10-18)19-11-7-4-8-12-19/h3-15,21,24-25,30H,16-17H2,1-2H3/t24-/m0/s1.